The molecule has 5 aromatic rings. The zero-order valence-electron chi connectivity index (χ0n) is 43.3. The van der Waals surface area contributed by atoms with Crippen LogP contribution in [0, 0.1) is 65.0 Å². The smallest absolute Gasteiger partial charge is 0.281 e. The summed E-state index contributed by atoms with van der Waals surface area (Å²) in [5.74, 6) is 3.23. The molecule has 5 heterocycles. The summed E-state index contributed by atoms with van der Waals surface area (Å²) in [4.78, 5) is 44.5. The number of rotatable bonds is 5. The second kappa shape index (κ2) is 36.3. The van der Waals surface area contributed by atoms with Crippen LogP contribution in [-0.4, -0.2) is 94.0 Å². The van der Waals surface area contributed by atoms with Gasteiger partial charge in [-0.15, -0.1) is 61.2 Å². The Balaban J connectivity index is -0.000000817. The van der Waals surface area contributed by atoms with Crippen molar-refractivity contribution < 1.29 is 216 Å². The number of esters is 1. The van der Waals surface area contributed by atoms with Gasteiger partial charge in [0.25, 0.3) is 11.9 Å². The van der Waals surface area contributed by atoms with E-state index in [0.29, 0.717) is 43.3 Å². The summed E-state index contributed by atoms with van der Waals surface area (Å²) in [5, 5.41) is 8.82. The van der Waals surface area contributed by atoms with Crippen molar-refractivity contribution in [2.24, 2.45) is 0 Å². The number of carboxylic acid groups (broad SMARTS) is 1. The first-order chi connectivity index (χ1) is 31.2. The summed E-state index contributed by atoms with van der Waals surface area (Å²) in [6.45, 7) is 18.5. The van der Waals surface area contributed by atoms with Crippen LogP contribution in [0.15, 0.2) is 30.3 Å². The van der Waals surface area contributed by atoms with Crippen LogP contribution >= 0.6 is 0 Å². The number of ketones is 2. The minimum absolute atomic E-state index is 0. The molecule has 0 amide bonds. The summed E-state index contributed by atoms with van der Waals surface area (Å²) >= 11 is 0. The molecule has 0 fully saturated rings. The van der Waals surface area contributed by atoms with Crippen molar-refractivity contribution in [1.29, 1.82) is 0 Å². The number of carbonyl (C=O) groups excluding carboxylic acids is 3. The Labute approximate surface area is 563 Å². The zero-order valence-corrected chi connectivity index (χ0v) is 57.5. The van der Waals surface area contributed by atoms with Crippen molar-refractivity contribution >= 4 is 48.7 Å². The first-order valence-electron chi connectivity index (χ1n) is 21.8. The van der Waals surface area contributed by atoms with Crippen molar-refractivity contribution in [1.82, 2.24) is 0 Å². The summed E-state index contributed by atoms with van der Waals surface area (Å²) < 4.78 is 31.8. The number of hydrogen-bond acceptors (Lipinski definition) is 10. The number of carbonyl (C=O) groups is 4. The summed E-state index contributed by atoms with van der Waals surface area (Å²) in [5.41, 5.74) is 13.9. The van der Waals surface area contributed by atoms with Crippen molar-refractivity contribution in [3.05, 3.63) is 144 Å². The van der Waals surface area contributed by atoms with Crippen molar-refractivity contribution in [3.63, 3.8) is 0 Å². The average molecular weight is 1360 g/mol. The van der Waals surface area contributed by atoms with Gasteiger partial charge in [-0.05, 0) is 57.1 Å². The maximum Gasteiger partial charge on any atom is 0.281 e. The van der Waals surface area contributed by atoms with Gasteiger partial charge in [0.2, 0.25) is 0 Å². The molecule has 0 atom stereocenters. The Kier molecular flexibility index (Phi) is 38.0. The third-order valence-corrected chi connectivity index (χ3v) is 11.9. The van der Waals surface area contributed by atoms with Gasteiger partial charge in [-0.25, -0.2) is 0 Å². The molecule has 5 aromatic carbocycles. The molecule has 366 valence electrons. The molecule has 11 nitrogen and oxygen atoms in total. The second-order valence-corrected chi connectivity index (χ2v) is 16.0. The molecule has 0 bridgehead atoms. The fourth-order valence-corrected chi connectivity index (χ4v) is 8.27. The normalized spacial score (nSPS) is 12.2. The van der Waals surface area contributed by atoms with Gasteiger partial charge in [-0.2, -0.15) is 60.7 Å². The van der Waals surface area contributed by atoms with Crippen LogP contribution in [0.25, 0.3) is 0 Å². The first-order valence-corrected chi connectivity index (χ1v) is 21.8. The maximum atomic E-state index is 11.3. The standard InChI is InChI=1S/C11H11O3.2C11H11O2.C11H13O.C10H9O3.3B.5Y/c1-7-9(11(12)13-2)4-3-8-5-6-14-10(7)8;2*1-7-10(8(2)12)4-3-9-5-6-13-11(7)9;1-3-9-4-5-10-6-7-12-11(10)8(9)2;1-6-8(10(11)12)3-2-7-4-5-13-9(6)7;;;;;;;;/h4H,5-6H2,1-2H3;2*4H,5-6H2,1-2H3;4H,3,6-7H2,1-2H3;3H,4-5H2,1H3,(H,11,12);;;;;;;;/q5*-1;;;;;;;;. The van der Waals surface area contributed by atoms with E-state index in [1.165, 1.54) is 29.9 Å². The molecule has 19 heteroatoms. The van der Waals surface area contributed by atoms with Crippen molar-refractivity contribution in [3.8, 4) is 28.7 Å². The number of fused-ring (bicyclic) bond motifs is 5. The molecule has 0 aliphatic carbocycles. The number of hydrogen-bond donors (Lipinski definition) is 1. The van der Waals surface area contributed by atoms with E-state index in [4.69, 9.17) is 28.8 Å². The van der Waals surface area contributed by atoms with E-state index in [-0.39, 0.29) is 212 Å². The van der Waals surface area contributed by atoms with Crippen LogP contribution in [-0.2, 0) is 207 Å². The number of aromatic carboxylic acids is 1. The van der Waals surface area contributed by atoms with Gasteiger partial charge < -0.3 is 43.1 Å². The van der Waals surface area contributed by atoms with E-state index in [2.05, 4.69) is 55.0 Å². The van der Waals surface area contributed by atoms with Crippen LogP contribution in [0.1, 0.15) is 123 Å². The van der Waals surface area contributed by atoms with Crippen LogP contribution in [0.5, 0.6) is 28.7 Å². The molecule has 73 heavy (non-hydrogen) atoms. The molecule has 5 aliphatic rings. The first kappa shape index (κ1) is 76.3. The second-order valence-electron chi connectivity index (χ2n) is 16.0. The van der Waals surface area contributed by atoms with Crippen molar-refractivity contribution in [2.45, 2.75) is 93.9 Å². The van der Waals surface area contributed by atoms with Crippen LogP contribution in [0.4, 0.5) is 0 Å². The van der Waals surface area contributed by atoms with E-state index in [9.17, 15) is 19.2 Å². The summed E-state index contributed by atoms with van der Waals surface area (Å²) in [6.07, 6.45) is 5.62. The molecule has 0 aromatic heterocycles. The van der Waals surface area contributed by atoms with Crippen molar-refractivity contribution in [2.75, 3.05) is 40.1 Å². The molecule has 0 unspecified atom stereocenters. The number of aryl methyl sites for hydroxylation is 1. The van der Waals surface area contributed by atoms with E-state index in [0.717, 1.165) is 118 Å². The predicted molar refractivity (Wildman–Crippen MR) is 261 cm³/mol. The van der Waals surface area contributed by atoms with E-state index >= 15 is 0 Å². The Morgan fingerprint density at radius 2 is 0.726 bits per heavy atom. The van der Waals surface area contributed by atoms with Gasteiger partial charge in [0, 0.05) is 218 Å². The Hall–Kier alpha value is -0.906. The molecule has 14 radical (unpaired) electrons. The van der Waals surface area contributed by atoms with Gasteiger partial charge in [0.1, 0.15) is 11.6 Å². The molecular weight excluding hydrogens is 1300 g/mol. The van der Waals surface area contributed by atoms with E-state index in [1.807, 2.05) is 20.8 Å². The Bertz CT molecular complexity index is 2490. The van der Waals surface area contributed by atoms with Crippen LogP contribution < -0.4 is 23.7 Å². The topological polar surface area (TPSA) is 144 Å². The van der Waals surface area contributed by atoms with E-state index < -0.39 is 5.97 Å². The summed E-state index contributed by atoms with van der Waals surface area (Å²) in [6, 6.07) is 24.3. The minimum atomic E-state index is -0.924. The van der Waals surface area contributed by atoms with Crippen LogP contribution in [0.2, 0.25) is 0 Å². The average Bonchev–Trinajstić information content (AvgIpc) is 4.15. The van der Waals surface area contributed by atoms with E-state index in [1.54, 1.807) is 39.0 Å². The molecule has 5 aliphatic heterocycles. The van der Waals surface area contributed by atoms with Gasteiger partial charge in [-0.1, -0.05) is 59.1 Å². The van der Waals surface area contributed by atoms with Gasteiger partial charge >= 0.3 is 0 Å². The molecule has 0 saturated carbocycles. The molecule has 0 saturated heterocycles. The van der Waals surface area contributed by atoms with Gasteiger partial charge in [-0.3, -0.25) is 9.59 Å². The molecular formula is C54H55B3O11Y5-5. The SMILES string of the molecule is CC(=O)c1c[c-]c2c(c1C)OCC2.CC(=O)c1c[c-]c2c(c1C)OCC2.CCc1c[c-]c2c(c1C)OCC2.COC(=O)c1c[c-]c2c(c1C)OCC2.Cc1c(C(=O)O)c[c-]c2c1OCC2.[B].[B].[B].[Y].[Y].[Y].[Y].[Y]. The minimum Gasteiger partial charge on any atom is -0.550 e. The third kappa shape index (κ3) is 18.9. The van der Waals surface area contributed by atoms with Gasteiger partial charge in [0.05, 0.1) is 40.1 Å². The Morgan fingerprint density at radius 3 is 1.01 bits per heavy atom. The third-order valence-electron chi connectivity index (χ3n) is 11.9. The monoisotopic (exact) mass is 1360 g/mol. The largest absolute Gasteiger partial charge is 0.550 e. The maximum absolute atomic E-state index is 11.3. The van der Waals surface area contributed by atoms with Crippen LogP contribution in [0.3, 0.4) is 0 Å². The number of carboxylic acids is 1. The molecule has 0 spiro atoms. The molecule has 1 N–H and O–H groups in total. The predicted octanol–water partition coefficient (Wildman–Crippen LogP) is 7.95. The quantitative estimate of drug-likeness (QED) is 0.0793. The number of methoxy groups -OCH3 is 1. The number of benzene rings is 5. The fraction of sp³-hybridized carbons (Fsp3) is 0.370. The van der Waals surface area contributed by atoms with Gasteiger partial charge in [0.15, 0.2) is 0 Å². The fourth-order valence-electron chi connectivity index (χ4n) is 8.27. The summed E-state index contributed by atoms with van der Waals surface area (Å²) in [7, 11) is 1.37. The Morgan fingerprint density at radius 1 is 0.466 bits per heavy atom. The molecule has 10 rings (SSSR count). The number of ether oxygens (including phenoxy) is 6. The number of Topliss-reactive ketones (excluding diaryl/α,β-unsaturated/α-hetero) is 2. The zero-order chi connectivity index (χ0) is 46.9.